The predicted molar refractivity (Wildman–Crippen MR) is 94.3 cm³/mol. The van der Waals surface area contributed by atoms with Gasteiger partial charge < -0.3 is 15.0 Å². The Balaban J connectivity index is 1.83. The highest BCUT2D eigenvalue weighted by molar-refractivity contribution is 7.09. The van der Waals surface area contributed by atoms with Crippen molar-refractivity contribution in [3.8, 4) is 0 Å². The fourth-order valence-corrected chi connectivity index (χ4v) is 3.67. The van der Waals surface area contributed by atoms with E-state index in [0.717, 1.165) is 35.0 Å². The molecule has 0 spiro atoms. The Morgan fingerprint density at radius 1 is 1.35 bits per heavy atom. The van der Waals surface area contributed by atoms with Crippen LogP contribution in [-0.2, 0) is 20.0 Å². The molecule has 0 radical (unpaired) electrons. The van der Waals surface area contributed by atoms with Crippen LogP contribution in [-0.4, -0.2) is 22.2 Å². The van der Waals surface area contributed by atoms with Gasteiger partial charge in [-0.3, -0.25) is 0 Å². The van der Waals surface area contributed by atoms with Crippen molar-refractivity contribution in [3.63, 3.8) is 0 Å². The van der Waals surface area contributed by atoms with E-state index in [-0.39, 0.29) is 0 Å². The van der Waals surface area contributed by atoms with Gasteiger partial charge in [-0.1, -0.05) is 18.2 Å². The number of hydrogen-bond acceptors (Lipinski definition) is 3. The highest BCUT2D eigenvalue weighted by atomic mass is 32.1. The fourth-order valence-electron chi connectivity index (χ4n) is 2.96. The van der Waals surface area contributed by atoms with E-state index in [4.69, 9.17) is 0 Å². The number of carbonyl (C=O) groups is 1. The smallest absolute Gasteiger partial charge is 0.352 e. The summed E-state index contributed by atoms with van der Waals surface area (Å²) in [5.74, 6) is -0.878. The minimum absolute atomic E-state index is 0.370. The molecular weight excluding hydrogens is 308 g/mol. The van der Waals surface area contributed by atoms with E-state index in [2.05, 4.69) is 22.8 Å². The van der Waals surface area contributed by atoms with Crippen LogP contribution < -0.4 is 5.32 Å². The van der Waals surface area contributed by atoms with Gasteiger partial charge in [0.05, 0.1) is 0 Å². The Labute approximate surface area is 139 Å². The van der Waals surface area contributed by atoms with Crippen LogP contribution in [0.15, 0.2) is 35.7 Å². The summed E-state index contributed by atoms with van der Waals surface area (Å²) in [4.78, 5) is 13.0. The van der Waals surface area contributed by atoms with Crippen LogP contribution in [0.2, 0.25) is 0 Å². The molecule has 0 aliphatic heterocycles. The number of thiophene rings is 1. The average molecular weight is 328 g/mol. The zero-order chi connectivity index (χ0) is 16.4. The first kappa shape index (κ1) is 15.8. The van der Waals surface area contributed by atoms with Gasteiger partial charge in [-0.05, 0) is 36.4 Å². The maximum atomic E-state index is 11.7. The number of nitrogens with zero attached hydrogens (tertiary/aromatic N) is 1. The maximum absolute atomic E-state index is 11.7. The first-order valence-electron chi connectivity index (χ1n) is 7.62. The highest BCUT2D eigenvalue weighted by Crippen LogP contribution is 2.26. The van der Waals surface area contributed by atoms with Gasteiger partial charge >= 0.3 is 5.97 Å². The molecule has 0 saturated heterocycles. The highest BCUT2D eigenvalue weighted by Gasteiger charge is 2.20. The summed E-state index contributed by atoms with van der Waals surface area (Å²) in [6.07, 6.45) is 0.962. The predicted octanol–water partition coefficient (Wildman–Crippen LogP) is 3.58. The van der Waals surface area contributed by atoms with Crippen LogP contribution >= 0.6 is 11.3 Å². The van der Waals surface area contributed by atoms with Gasteiger partial charge in [0.1, 0.15) is 5.69 Å². The van der Waals surface area contributed by atoms with Crippen molar-refractivity contribution in [2.45, 2.75) is 19.9 Å². The van der Waals surface area contributed by atoms with E-state index >= 15 is 0 Å². The van der Waals surface area contributed by atoms with Crippen LogP contribution in [0.25, 0.3) is 10.9 Å². The lowest BCUT2D eigenvalue weighted by Gasteiger charge is -2.05. The van der Waals surface area contributed by atoms with Crippen LogP contribution in [0, 0.1) is 6.92 Å². The summed E-state index contributed by atoms with van der Waals surface area (Å²) in [6.45, 7) is 3.42. The van der Waals surface area contributed by atoms with Gasteiger partial charge in [-0.15, -0.1) is 11.3 Å². The van der Waals surface area contributed by atoms with E-state index in [0.29, 0.717) is 12.2 Å². The SMILES string of the molecule is Cc1ccc2c(CNCCc3cccs3)c(C(=O)O)n(C)c2c1. The van der Waals surface area contributed by atoms with E-state index in [1.54, 1.807) is 15.9 Å². The number of fused-ring (bicyclic) bond motifs is 1. The minimum Gasteiger partial charge on any atom is -0.477 e. The number of aryl methyl sites for hydroxylation is 2. The van der Waals surface area contributed by atoms with Gasteiger partial charge in [-0.25, -0.2) is 4.79 Å². The molecular formula is C18H20N2O2S. The quantitative estimate of drug-likeness (QED) is 0.680. The molecule has 3 rings (SSSR count). The molecule has 0 unspecified atom stereocenters. The van der Waals surface area contributed by atoms with E-state index in [1.165, 1.54) is 4.88 Å². The fraction of sp³-hybridized carbons (Fsp3) is 0.278. The molecule has 0 saturated carbocycles. The van der Waals surface area contributed by atoms with Crippen molar-refractivity contribution in [2.24, 2.45) is 7.05 Å². The lowest BCUT2D eigenvalue weighted by molar-refractivity contribution is 0.0685. The van der Waals surface area contributed by atoms with Crippen molar-refractivity contribution in [2.75, 3.05) is 6.54 Å². The maximum Gasteiger partial charge on any atom is 0.352 e. The molecule has 0 fully saturated rings. The topological polar surface area (TPSA) is 54.3 Å². The van der Waals surface area contributed by atoms with Crippen molar-refractivity contribution in [1.29, 1.82) is 0 Å². The third kappa shape index (κ3) is 3.16. The molecule has 1 aromatic carbocycles. The molecule has 2 heterocycles. The minimum atomic E-state index is -0.878. The summed E-state index contributed by atoms with van der Waals surface area (Å²) < 4.78 is 1.78. The molecule has 23 heavy (non-hydrogen) atoms. The largest absolute Gasteiger partial charge is 0.477 e. The molecule has 4 nitrogen and oxygen atoms in total. The number of hydrogen-bond donors (Lipinski definition) is 2. The van der Waals surface area contributed by atoms with Crippen molar-refractivity contribution in [3.05, 3.63) is 57.4 Å². The van der Waals surface area contributed by atoms with Gasteiger partial charge in [0.15, 0.2) is 0 Å². The summed E-state index contributed by atoms with van der Waals surface area (Å²) >= 11 is 1.75. The van der Waals surface area contributed by atoms with Crippen LogP contribution in [0.4, 0.5) is 0 Å². The zero-order valence-corrected chi connectivity index (χ0v) is 14.1. The Bertz CT molecular complexity index is 834. The first-order valence-corrected chi connectivity index (χ1v) is 8.50. The number of rotatable bonds is 6. The van der Waals surface area contributed by atoms with Crippen molar-refractivity contribution < 1.29 is 9.90 Å². The number of carboxylic acids is 1. The Hall–Kier alpha value is -2.11. The van der Waals surface area contributed by atoms with Crippen LogP contribution in [0.1, 0.15) is 26.5 Å². The average Bonchev–Trinajstić information content (AvgIpc) is 3.11. The first-order chi connectivity index (χ1) is 11.1. The van der Waals surface area contributed by atoms with Crippen molar-refractivity contribution in [1.82, 2.24) is 9.88 Å². The monoisotopic (exact) mass is 328 g/mol. The Kier molecular flexibility index (Phi) is 4.50. The molecule has 120 valence electrons. The van der Waals surface area contributed by atoms with Crippen LogP contribution in [0.5, 0.6) is 0 Å². The Morgan fingerprint density at radius 2 is 2.17 bits per heavy atom. The molecule has 0 bridgehead atoms. The number of aromatic nitrogens is 1. The number of nitrogens with one attached hydrogen (secondary N) is 1. The molecule has 0 aliphatic carbocycles. The molecule has 2 N–H and O–H groups in total. The summed E-state index contributed by atoms with van der Waals surface area (Å²) in [6, 6.07) is 10.3. The molecule has 3 aromatic rings. The summed E-state index contributed by atoms with van der Waals surface area (Å²) in [7, 11) is 1.82. The second kappa shape index (κ2) is 6.56. The summed E-state index contributed by atoms with van der Waals surface area (Å²) in [5.41, 5.74) is 3.33. The van der Waals surface area contributed by atoms with Gasteiger partial charge in [0, 0.05) is 41.5 Å². The normalized spacial score (nSPS) is 11.2. The standard InChI is InChI=1S/C18H20N2O2S/c1-12-5-6-14-15(11-19-8-7-13-4-3-9-23-13)17(18(21)22)20(2)16(14)10-12/h3-6,9-10,19H,7-8,11H2,1-2H3,(H,21,22). The molecule has 0 aliphatic rings. The summed E-state index contributed by atoms with van der Waals surface area (Å²) in [5, 5.41) is 16.0. The number of aromatic carboxylic acids is 1. The van der Waals surface area contributed by atoms with E-state index < -0.39 is 5.97 Å². The Morgan fingerprint density at radius 3 is 2.87 bits per heavy atom. The van der Waals surface area contributed by atoms with Gasteiger partial charge in [-0.2, -0.15) is 0 Å². The molecule has 0 amide bonds. The molecule has 0 atom stereocenters. The number of benzene rings is 1. The number of carboxylic acid groups (broad SMARTS) is 1. The van der Waals surface area contributed by atoms with Gasteiger partial charge in [0.2, 0.25) is 0 Å². The lowest BCUT2D eigenvalue weighted by Crippen LogP contribution is -2.18. The molecule has 2 aromatic heterocycles. The van der Waals surface area contributed by atoms with E-state index in [9.17, 15) is 9.90 Å². The molecule has 5 heteroatoms. The van der Waals surface area contributed by atoms with Gasteiger partial charge in [0.25, 0.3) is 0 Å². The second-order valence-electron chi connectivity index (χ2n) is 5.72. The lowest BCUT2D eigenvalue weighted by atomic mass is 10.1. The second-order valence-corrected chi connectivity index (χ2v) is 6.75. The third-order valence-corrected chi connectivity index (χ3v) is 5.03. The zero-order valence-electron chi connectivity index (χ0n) is 13.3. The van der Waals surface area contributed by atoms with Crippen LogP contribution in [0.3, 0.4) is 0 Å². The van der Waals surface area contributed by atoms with Crippen molar-refractivity contribution >= 4 is 28.2 Å². The third-order valence-electron chi connectivity index (χ3n) is 4.09. The van der Waals surface area contributed by atoms with E-state index in [1.807, 2.05) is 32.2 Å².